The molecule has 0 aromatic carbocycles. The number of rotatable bonds is 4. The molecule has 5 heteroatoms. The Bertz CT molecular complexity index is 381. The quantitative estimate of drug-likeness (QED) is 0.777. The number of carboxylic acids is 1. The van der Waals surface area contributed by atoms with E-state index < -0.39 is 5.97 Å². The van der Waals surface area contributed by atoms with E-state index in [-0.39, 0.29) is 5.56 Å². The van der Waals surface area contributed by atoms with Crippen molar-refractivity contribution < 1.29 is 9.90 Å². The first-order valence-electron chi connectivity index (χ1n) is 4.97. The molecule has 0 aliphatic heterocycles. The summed E-state index contributed by atoms with van der Waals surface area (Å²) in [5, 5.41) is 19.4. The van der Waals surface area contributed by atoms with E-state index >= 15 is 0 Å². The van der Waals surface area contributed by atoms with Crippen molar-refractivity contribution >= 4 is 11.8 Å². The van der Waals surface area contributed by atoms with Gasteiger partial charge in [0.25, 0.3) is 0 Å². The van der Waals surface area contributed by atoms with Gasteiger partial charge >= 0.3 is 5.97 Å². The summed E-state index contributed by atoms with van der Waals surface area (Å²) in [5.74, 6) is 0.774. The van der Waals surface area contributed by atoms with Gasteiger partial charge in [0, 0.05) is 6.54 Å². The maximum Gasteiger partial charge on any atom is 0.339 e. The third-order valence-electron chi connectivity index (χ3n) is 2.76. The summed E-state index contributed by atoms with van der Waals surface area (Å²) in [5.41, 5.74) is 0.179. The van der Waals surface area contributed by atoms with Gasteiger partial charge < -0.3 is 10.4 Å². The fraction of sp³-hybridized carbons (Fsp3) is 0.500. The highest BCUT2D eigenvalue weighted by Crippen LogP contribution is 2.37. The number of aromatic carboxylic acids is 1. The largest absolute Gasteiger partial charge is 0.478 e. The molecule has 2 N–H and O–H groups in total. The zero-order valence-corrected chi connectivity index (χ0v) is 8.47. The topological polar surface area (TPSA) is 75.1 Å². The van der Waals surface area contributed by atoms with Crippen LogP contribution in [0.15, 0.2) is 12.3 Å². The minimum absolute atomic E-state index is 0.179. The van der Waals surface area contributed by atoms with Crippen molar-refractivity contribution in [2.24, 2.45) is 11.8 Å². The zero-order chi connectivity index (χ0) is 10.8. The monoisotopic (exact) mass is 207 g/mol. The fourth-order valence-electron chi connectivity index (χ4n) is 1.55. The van der Waals surface area contributed by atoms with Crippen molar-refractivity contribution in [2.75, 3.05) is 11.9 Å². The lowest BCUT2D eigenvalue weighted by molar-refractivity contribution is 0.0697. The molecule has 15 heavy (non-hydrogen) atoms. The van der Waals surface area contributed by atoms with Crippen molar-refractivity contribution in [3.05, 3.63) is 17.8 Å². The van der Waals surface area contributed by atoms with E-state index in [2.05, 4.69) is 22.4 Å². The van der Waals surface area contributed by atoms with Crippen LogP contribution in [0.4, 0.5) is 5.82 Å². The number of hydrogen-bond donors (Lipinski definition) is 2. The Morgan fingerprint density at radius 2 is 2.47 bits per heavy atom. The van der Waals surface area contributed by atoms with Crippen molar-refractivity contribution in [3.63, 3.8) is 0 Å². The zero-order valence-electron chi connectivity index (χ0n) is 8.47. The molecule has 2 unspecified atom stereocenters. The number of aromatic nitrogens is 2. The first-order chi connectivity index (χ1) is 7.18. The maximum absolute atomic E-state index is 10.8. The van der Waals surface area contributed by atoms with Gasteiger partial charge in [-0.1, -0.05) is 6.92 Å². The van der Waals surface area contributed by atoms with E-state index in [1.54, 1.807) is 0 Å². The normalized spacial score (nSPS) is 23.5. The van der Waals surface area contributed by atoms with Gasteiger partial charge in [-0.15, -0.1) is 5.10 Å². The summed E-state index contributed by atoms with van der Waals surface area (Å²) in [6.07, 6.45) is 2.59. The Labute approximate surface area is 87.5 Å². The van der Waals surface area contributed by atoms with Gasteiger partial charge in [0.15, 0.2) is 5.82 Å². The highest BCUT2D eigenvalue weighted by molar-refractivity contribution is 5.92. The van der Waals surface area contributed by atoms with Gasteiger partial charge in [-0.3, -0.25) is 0 Å². The van der Waals surface area contributed by atoms with E-state index in [0.717, 1.165) is 12.5 Å². The molecule has 0 bridgehead atoms. The Kier molecular flexibility index (Phi) is 2.53. The Hall–Kier alpha value is -1.65. The SMILES string of the molecule is CC1CC1CNc1nnccc1C(=O)O. The molecule has 0 spiro atoms. The van der Waals surface area contributed by atoms with E-state index in [1.165, 1.54) is 18.7 Å². The fourth-order valence-corrected chi connectivity index (χ4v) is 1.55. The molecule has 2 atom stereocenters. The third-order valence-corrected chi connectivity index (χ3v) is 2.76. The van der Waals surface area contributed by atoms with Gasteiger partial charge in [0.05, 0.1) is 6.20 Å². The molecule has 1 aromatic heterocycles. The molecule has 1 aliphatic rings. The predicted molar refractivity (Wildman–Crippen MR) is 54.8 cm³/mol. The predicted octanol–water partition coefficient (Wildman–Crippen LogP) is 1.24. The Morgan fingerprint density at radius 1 is 1.73 bits per heavy atom. The third kappa shape index (κ3) is 2.23. The van der Waals surface area contributed by atoms with Crippen LogP contribution in [0.25, 0.3) is 0 Å². The number of anilines is 1. The second-order valence-corrected chi connectivity index (χ2v) is 3.95. The molecule has 80 valence electrons. The van der Waals surface area contributed by atoms with Gasteiger partial charge in [-0.25, -0.2) is 4.79 Å². The van der Waals surface area contributed by atoms with Gasteiger partial charge in [0.1, 0.15) is 5.56 Å². The molecule has 0 amide bonds. The molecule has 0 saturated heterocycles. The van der Waals surface area contributed by atoms with Gasteiger partial charge in [-0.05, 0) is 24.3 Å². The second-order valence-electron chi connectivity index (χ2n) is 3.95. The lowest BCUT2D eigenvalue weighted by atomic mass is 10.2. The average molecular weight is 207 g/mol. The minimum Gasteiger partial charge on any atom is -0.478 e. The molecule has 0 radical (unpaired) electrons. The van der Waals surface area contributed by atoms with Crippen LogP contribution in [-0.2, 0) is 0 Å². The molecule has 1 heterocycles. The number of carbonyl (C=O) groups is 1. The lowest BCUT2D eigenvalue weighted by Gasteiger charge is -2.06. The average Bonchev–Trinajstić information content (AvgIpc) is 2.92. The summed E-state index contributed by atoms with van der Waals surface area (Å²) in [4.78, 5) is 10.8. The van der Waals surface area contributed by atoms with Crippen LogP contribution in [0, 0.1) is 11.8 Å². The molecule has 1 saturated carbocycles. The number of nitrogens with one attached hydrogen (secondary N) is 1. The van der Waals surface area contributed by atoms with E-state index in [0.29, 0.717) is 11.7 Å². The molecular weight excluding hydrogens is 194 g/mol. The summed E-state index contributed by atoms with van der Waals surface area (Å²) >= 11 is 0. The highest BCUT2D eigenvalue weighted by atomic mass is 16.4. The van der Waals surface area contributed by atoms with Crippen molar-refractivity contribution in [2.45, 2.75) is 13.3 Å². The number of carboxylic acid groups (broad SMARTS) is 1. The maximum atomic E-state index is 10.8. The van der Waals surface area contributed by atoms with Crippen LogP contribution >= 0.6 is 0 Å². The second kappa shape index (κ2) is 3.84. The van der Waals surface area contributed by atoms with E-state index in [9.17, 15) is 4.79 Å². The minimum atomic E-state index is -0.976. The van der Waals surface area contributed by atoms with Gasteiger partial charge in [0.2, 0.25) is 0 Å². The molecule has 1 aromatic rings. The van der Waals surface area contributed by atoms with Crippen LogP contribution in [0.2, 0.25) is 0 Å². The molecule has 1 fully saturated rings. The van der Waals surface area contributed by atoms with Crippen LogP contribution in [0.5, 0.6) is 0 Å². The summed E-state index contributed by atoms with van der Waals surface area (Å²) in [6, 6.07) is 1.45. The number of hydrogen-bond acceptors (Lipinski definition) is 4. The molecule has 1 aliphatic carbocycles. The Morgan fingerprint density at radius 3 is 3.07 bits per heavy atom. The van der Waals surface area contributed by atoms with E-state index in [1.807, 2.05) is 0 Å². The molecular formula is C10H13N3O2. The highest BCUT2D eigenvalue weighted by Gasteiger charge is 2.32. The first-order valence-corrected chi connectivity index (χ1v) is 4.97. The van der Waals surface area contributed by atoms with E-state index in [4.69, 9.17) is 5.11 Å². The van der Waals surface area contributed by atoms with Crippen molar-refractivity contribution in [3.8, 4) is 0 Å². The molecule has 2 rings (SSSR count). The van der Waals surface area contributed by atoms with Crippen molar-refractivity contribution in [1.29, 1.82) is 0 Å². The summed E-state index contributed by atoms with van der Waals surface area (Å²) in [7, 11) is 0. The lowest BCUT2D eigenvalue weighted by Crippen LogP contribution is -2.11. The smallest absolute Gasteiger partial charge is 0.339 e. The number of nitrogens with zero attached hydrogens (tertiary/aromatic N) is 2. The van der Waals surface area contributed by atoms with Crippen LogP contribution in [-0.4, -0.2) is 27.8 Å². The Balaban J connectivity index is 2.03. The standard InChI is InChI=1S/C10H13N3O2/c1-6-4-7(6)5-11-9-8(10(14)15)2-3-12-13-9/h2-3,6-7H,4-5H2,1H3,(H,11,13)(H,14,15). The van der Waals surface area contributed by atoms with Gasteiger partial charge in [-0.2, -0.15) is 5.10 Å². The van der Waals surface area contributed by atoms with Crippen LogP contribution in [0.1, 0.15) is 23.7 Å². The van der Waals surface area contributed by atoms with Crippen LogP contribution in [0.3, 0.4) is 0 Å². The first kappa shape index (κ1) is 9.89. The van der Waals surface area contributed by atoms with Crippen molar-refractivity contribution in [1.82, 2.24) is 10.2 Å². The summed E-state index contributed by atoms with van der Waals surface area (Å²) < 4.78 is 0. The molecule has 5 nitrogen and oxygen atoms in total. The summed E-state index contributed by atoms with van der Waals surface area (Å²) in [6.45, 7) is 2.96. The van der Waals surface area contributed by atoms with Crippen LogP contribution < -0.4 is 5.32 Å².